The van der Waals surface area contributed by atoms with Crippen LogP contribution in [0.25, 0.3) is 0 Å². The first kappa shape index (κ1) is 17.6. The Morgan fingerprint density at radius 2 is 1.87 bits per heavy atom. The number of rotatable bonds is 8. The third-order valence-electron chi connectivity index (χ3n) is 3.37. The van der Waals surface area contributed by atoms with Gasteiger partial charge < -0.3 is 10.6 Å². The zero-order valence-corrected chi connectivity index (χ0v) is 14.6. The lowest BCUT2D eigenvalue weighted by atomic mass is 10.2. The Hall–Kier alpha value is -1.78. The van der Waals surface area contributed by atoms with Crippen molar-refractivity contribution in [3.05, 3.63) is 65.2 Å². The Bertz CT molecular complexity index is 643. The van der Waals surface area contributed by atoms with Crippen LogP contribution < -0.4 is 10.6 Å². The summed E-state index contributed by atoms with van der Waals surface area (Å²) < 4.78 is 0. The minimum Gasteiger partial charge on any atom is -0.325 e. The highest BCUT2D eigenvalue weighted by Gasteiger charge is 2.04. The van der Waals surface area contributed by atoms with E-state index >= 15 is 0 Å². The summed E-state index contributed by atoms with van der Waals surface area (Å²) in [6.07, 6.45) is 0. The molecule has 1 amide bonds. The zero-order chi connectivity index (χ0) is 16.5. The molecule has 0 aliphatic heterocycles. The average Bonchev–Trinajstić information content (AvgIpc) is 2.53. The van der Waals surface area contributed by atoms with Gasteiger partial charge >= 0.3 is 0 Å². The quantitative estimate of drug-likeness (QED) is 0.770. The number of nitrogens with one attached hydrogen (secondary N) is 2. The van der Waals surface area contributed by atoms with Gasteiger partial charge in [0.25, 0.3) is 0 Å². The molecule has 0 aliphatic carbocycles. The van der Waals surface area contributed by atoms with Crippen LogP contribution in [0.4, 0.5) is 5.69 Å². The van der Waals surface area contributed by atoms with Gasteiger partial charge in [-0.25, -0.2) is 0 Å². The largest absolute Gasteiger partial charge is 0.325 e. The van der Waals surface area contributed by atoms with Crippen LogP contribution in [0.5, 0.6) is 0 Å². The van der Waals surface area contributed by atoms with Gasteiger partial charge in [0.1, 0.15) is 0 Å². The molecule has 0 fully saturated rings. The lowest BCUT2D eigenvalue weighted by Gasteiger charge is -2.08. The SMILES string of the molecule is CCNCc1cccc(NC(=O)CSCc2cccc(C)c2)c1. The van der Waals surface area contributed by atoms with Crippen molar-refractivity contribution in [2.45, 2.75) is 26.1 Å². The monoisotopic (exact) mass is 328 g/mol. The summed E-state index contributed by atoms with van der Waals surface area (Å²) in [6.45, 7) is 5.92. The summed E-state index contributed by atoms with van der Waals surface area (Å²) in [7, 11) is 0. The number of benzene rings is 2. The van der Waals surface area contributed by atoms with Crippen molar-refractivity contribution < 1.29 is 4.79 Å². The van der Waals surface area contributed by atoms with Crippen molar-refractivity contribution in [2.75, 3.05) is 17.6 Å². The minimum absolute atomic E-state index is 0.0447. The zero-order valence-electron chi connectivity index (χ0n) is 13.8. The molecule has 0 heterocycles. The van der Waals surface area contributed by atoms with Crippen molar-refractivity contribution in [2.24, 2.45) is 0 Å². The molecular weight excluding hydrogens is 304 g/mol. The van der Waals surface area contributed by atoms with Gasteiger partial charge in [0.2, 0.25) is 5.91 Å². The highest BCUT2D eigenvalue weighted by molar-refractivity contribution is 7.99. The first-order valence-corrected chi connectivity index (χ1v) is 9.05. The average molecular weight is 328 g/mol. The highest BCUT2D eigenvalue weighted by atomic mass is 32.2. The van der Waals surface area contributed by atoms with Crippen molar-refractivity contribution >= 4 is 23.4 Å². The molecule has 0 atom stereocenters. The van der Waals surface area contributed by atoms with Gasteiger partial charge in [-0.05, 0) is 36.7 Å². The van der Waals surface area contributed by atoms with Gasteiger partial charge in [0.15, 0.2) is 0 Å². The third-order valence-corrected chi connectivity index (χ3v) is 4.38. The number of hydrogen-bond donors (Lipinski definition) is 2. The second-order valence-electron chi connectivity index (χ2n) is 5.51. The summed E-state index contributed by atoms with van der Waals surface area (Å²) in [5.74, 6) is 1.37. The van der Waals surface area contributed by atoms with Gasteiger partial charge in [-0.1, -0.05) is 48.9 Å². The van der Waals surface area contributed by atoms with E-state index in [0.717, 1.165) is 24.5 Å². The van der Waals surface area contributed by atoms with Gasteiger partial charge in [-0.3, -0.25) is 4.79 Å². The molecule has 2 rings (SSSR count). The molecule has 0 spiro atoms. The maximum atomic E-state index is 12.0. The molecule has 4 heteroatoms. The van der Waals surface area contributed by atoms with Gasteiger partial charge in [-0.2, -0.15) is 0 Å². The Labute approximate surface area is 142 Å². The maximum absolute atomic E-state index is 12.0. The van der Waals surface area contributed by atoms with Gasteiger partial charge in [0, 0.05) is 18.0 Å². The standard InChI is InChI=1S/C19H24N2OS/c1-3-20-12-16-7-5-9-18(11-16)21-19(22)14-23-13-17-8-4-6-15(2)10-17/h4-11,20H,3,12-14H2,1-2H3,(H,21,22). The van der Waals surface area contributed by atoms with Crippen LogP contribution in [-0.4, -0.2) is 18.2 Å². The second-order valence-corrected chi connectivity index (χ2v) is 6.50. The maximum Gasteiger partial charge on any atom is 0.234 e. The molecular formula is C19H24N2OS. The number of amides is 1. The van der Waals surface area contributed by atoms with E-state index in [1.165, 1.54) is 16.7 Å². The second kappa shape index (κ2) is 9.38. The molecule has 23 heavy (non-hydrogen) atoms. The van der Waals surface area contributed by atoms with Crippen LogP contribution in [0.1, 0.15) is 23.6 Å². The molecule has 3 nitrogen and oxygen atoms in total. The molecule has 0 saturated heterocycles. The highest BCUT2D eigenvalue weighted by Crippen LogP contribution is 2.15. The fraction of sp³-hybridized carbons (Fsp3) is 0.316. The molecule has 0 unspecified atom stereocenters. The van der Waals surface area contributed by atoms with Crippen LogP contribution in [0.15, 0.2) is 48.5 Å². The predicted molar refractivity (Wildman–Crippen MR) is 99.8 cm³/mol. The summed E-state index contributed by atoms with van der Waals surface area (Å²) >= 11 is 1.64. The third kappa shape index (κ3) is 6.47. The Morgan fingerprint density at radius 1 is 1.09 bits per heavy atom. The van der Waals surface area contributed by atoms with Crippen molar-refractivity contribution in [3.63, 3.8) is 0 Å². The van der Waals surface area contributed by atoms with Crippen LogP contribution in [0.3, 0.4) is 0 Å². The van der Waals surface area contributed by atoms with Crippen molar-refractivity contribution in [3.8, 4) is 0 Å². The van der Waals surface area contributed by atoms with E-state index < -0.39 is 0 Å². The van der Waals surface area contributed by atoms with E-state index in [2.05, 4.69) is 54.8 Å². The van der Waals surface area contributed by atoms with Crippen LogP contribution in [0, 0.1) is 6.92 Å². The van der Waals surface area contributed by atoms with E-state index in [1.807, 2.05) is 18.2 Å². The number of hydrogen-bond acceptors (Lipinski definition) is 3. The van der Waals surface area contributed by atoms with E-state index in [0.29, 0.717) is 5.75 Å². The predicted octanol–water partition coefficient (Wildman–Crippen LogP) is 3.98. The number of thioether (sulfide) groups is 1. The fourth-order valence-corrected chi connectivity index (χ4v) is 3.06. The topological polar surface area (TPSA) is 41.1 Å². The molecule has 122 valence electrons. The molecule has 2 aromatic carbocycles. The number of anilines is 1. The molecule has 0 aromatic heterocycles. The lowest BCUT2D eigenvalue weighted by molar-refractivity contribution is -0.113. The Balaban J connectivity index is 1.78. The smallest absolute Gasteiger partial charge is 0.234 e. The first-order chi connectivity index (χ1) is 11.2. The normalized spacial score (nSPS) is 10.5. The molecule has 0 bridgehead atoms. The Morgan fingerprint density at radius 3 is 2.65 bits per heavy atom. The van der Waals surface area contributed by atoms with Gasteiger partial charge in [-0.15, -0.1) is 11.8 Å². The lowest BCUT2D eigenvalue weighted by Crippen LogP contribution is -2.15. The summed E-state index contributed by atoms with van der Waals surface area (Å²) in [5.41, 5.74) is 4.55. The van der Waals surface area contributed by atoms with Gasteiger partial charge in [0.05, 0.1) is 5.75 Å². The van der Waals surface area contributed by atoms with E-state index in [9.17, 15) is 4.79 Å². The molecule has 0 saturated carbocycles. The van der Waals surface area contributed by atoms with Crippen LogP contribution in [0.2, 0.25) is 0 Å². The summed E-state index contributed by atoms with van der Waals surface area (Å²) in [6, 6.07) is 16.4. The molecule has 2 aromatic rings. The van der Waals surface area contributed by atoms with Crippen LogP contribution >= 0.6 is 11.8 Å². The minimum atomic E-state index is 0.0447. The first-order valence-electron chi connectivity index (χ1n) is 7.90. The number of carbonyl (C=O) groups excluding carboxylic acids is 1. The van der Waals surface area contributed by atoms with E-state index in [1.54, 1.807) is 11.8 Å². The van der Waals surface area contributed by atoms with Crippen molar-refractivity contribution in [1.29, 1.82) is 0 Å². The van der Waals surface area contributed by atoms with E-state index in [4.69, 9.17) is 0 Å². The number of carbonyl (C=O) groups is 1. The molecule has 0 radical (unpaired) electrons. The van der Waals surface area contributed by atoms with Crippen molar-refractivity contribution in [1.82, 2.24) is 5.32 Å². The summed E-state index contributed by atoms with van der Waals surface area (Å²) in [4.78, 5) is 12.0. The number of aryl methyl sites for hydroxylation is 1. The molecule has 0 aliphatic rings. The summed E-state index contributed by atoms with van der Waals surface area (Å²) in [5, 5.41) is 6.25. The fourth-order valence-electron chi connectivity index (χ4n) is 2.29. The van der Waals surface area contributed by atoms with Crippen LogP contribution in [-0.2, 0) is 17.1 Å². The van der Waals surface area contributed by atoms with E-state index in [-0.39, 0.29) is 5.91 Å². The Kier molecular flexibility index (Phi) is 7.17. The molecule has 2 N–H and O–H groups in total.